The Morgan fingerprint density at radius 2 is 2.05 bits per heavy atom. The summed E-state index contributed by atoms with van der Waals surface area (Å²) in [5, 5.41) is 0.327. The molecule has 3 aromatic heterocycles. The molecular weight excluding hydrogens is 548 g/mol. The van der Waals surface area contributed by atoms with Gasteiger partial charge in [0.25, 0.3) is 0 Å². The molecule has 0 radical (unpaired) electrons. The van der Waals surface area contributed by atoms with Crippen LogP contribution in [0.4, 0.5) is 5.82 Å². The minimum absolute atomic E-state index is 0.0114. The van der Waals surface area contributed by atoms with Crippen molar-refractivity contribution in [2.24, 2.45) is 0 Å². The van der Waals surface area contributed by atoms with Crippen molar-refractivity contribution in [3.8, 4) is 16.9 Å². The summed E-state index contributed by atoms with van der Waals surface area (Å²) >= 11 is 6.95. The van der Waals surface area contributed by atoms with Gasteiger partial charge in [-0.1, -0.05) is 68.4 Å². The van der Waals surface area contributed by atoms with Crippen LogP contribution in [0.3, 0.4) is 0 Å². The predicted octanol–water partition coefficient (Wildman–Crippen LogP) is 6.18. The van der Waals surface area contributed by atoms with Gasteiger partial charge in [0.1, 0.15) is 5.82 Å². The molecule has 216 valence electrons. The van der Waals surface area contributed by atoms with Gasteiger partial charge in [0.15, 0.2) is 5.65 Å². The minimum Gasteiger partial charge on any atom is -0.350 e. The Morgan fingerprint density at radius 1 is 1.24 bits per heavy atom. The molecule has 0 saturated carbocycles. The molecule has 0 unspecified atom stereocenters. The maximum absolute atomic E-state index is 14.3. The number of hydrogen-bond acceptors (Lipinski definition) is 6. The topological polar surface area (TPSA) is 84.2 Å². The summed E-state index contributed by atoms with van der Waals surface area (Å²) in [5.41, 5.74) is -1.03. The van der Waals surface area contributed by atoms with E-state index in [1.54, 1.807) is 23.1 Å². The molecule has 1 aliphatic rings. The van der Waals surface area contributed by atoms with Crippen LogP contribution in [0.25, 0.3) is 33.6 Å². The number of halogens is 1. The van der Waals surface area contributed by atoms with E-state index < -0.39 is 31.5 Å². The van der Waals surface area contributed by atoms with Gasteiger partial charge in [0.2, 0.25) is 5.91 Å². The molecule has 0 spiro atoms. The summed E-state index contributed by atoms with van der Waals surface area (Å²) in [5.74, 6) is -0.361. The van der Waals surface area contributed by atoms with Gasteiger partial charge in [0, 0.05) is 45.7 Å². The molecule has 1 fully saturated rings. The zero-order valence-corrected chi connectivity index (χ0v) is 24.2. The molecule has 1 aliphatic heterocycles. The van der Waals surface area contributed by atoms with Crippen molar-refractivity contribution in [3.63, 3.8) is 0 Å². The highest BCUT2D eigenvalue weighted by atomic mass is 35.5. The number of benzene rings is 1. The van der Waals surface area contributed by atoms with Crippen molar-refractivity contribution >= 4 is 39.9 Å². The molecule has 1 saturated heterocycles. The van der Waals surface area contributed by atoms with Crippen molar-refractivity contribution in [1.29, 1.82) is 0 Å². The molecule has 4 aromatic rings. The van der Waals surface area contributed by atoms with Gasteiger partial charge >= 0.3 is 5.69 Å². The normalized spacial score (nSPS) is 18.6. The van der Waals surface area contributed by atoms with E-state index in [4.69, 9.17) is 27.6 Å². The average molecular weight is 591 g/mol. The minimum atomic E-state index is -2.83. The first-order chi connectivity index (χ1) is 23.4. The Kier molecular flexibility index (Phi) is 5.64. The van der Waals surface area contributed by atoms with E-state index in [1.807, 2.05) is 25.7 Å². The molecule has 0 aliphatic carbocycles. The SMILES string of the molecule is [2H]C([2H])=C(c1ccccc1-c1nc2c(cc1Cl)c(N1CCN(C(=O)C=C)C[C@@H]1C)nc(=O)n2-c1c(C([2H])([2H])[2H])ccnc1C(C)C)C([2H])([2H])[2H]. The highest BCUT2D eigenvalue weighted by molar-refractivity contribution is 6.34. The lowest BCUT2D eigenvalue weighted by Crippen LogP contribution is -2.54. The van der Waals surface area contributed by atoms with Crippen molar-refractivity contribution < 1.29 is 15.8 Å². The Morgan fingerprint density at radius 3 is 2.74 bits per heavy atom. The van der Waals surface area contributed by atoms with E-state index >= 15 is 0 Å². The number of aromatic nitrogens is 4. The van der Waals surface area contributed by atoms with Gasteiger partial charge in [-0.25, -0.2) is 14.3 Å². The van der Waals surface area contributed by atoms with Crippen molar-refractivity contribution in [1.82, 2.24) is 24.4 Å². The van der Waals surface area contributed by atoms with Crippen LogP contribution < -0.4 is 10.6 Å². The highest BCUT2D eigenvalue weighted by Gasteiger charge is 2.30. The molecule has 4 heterocycles. The van der Waals surface area contributed by atoms with Crippen LogP contribution in [0.15, 0.2) is 66.6 Å². The Bertz CT molecular complexity index is 2090. The molecular formula is C33H35ClN6O2. The molecule has 0 N–H and O–H groups in total. The second-order valence-electron chi connectivity index (χ2n) is 10.4. The number of carbonyl (C=O) groups excluding carboxylic acids is 1. The summed E-state index contributed by atoms with van der Waals surface area (Å²) < 4.78 is 66.3. The Labute approximate surface area is 262 Å². The molecule has 8 nitrogen and oxygen atoms in total. The molecule has 9 heteroatoms. The van der Waals surface area contributed by atoms with Gasteiger partial charge in [-0.2, -0.15) is 4.98 Å². The van der Waals surface area contributed by atoms with E-state index in [1.165, 1.54) is 30.5 Å². The van der Waals surface area contributed by atoms with Crippen molar-refractivity contribution in [2.45, 2.75) is 46.4 Å². The second-order valence-corrected chi connectivity index (χ2v) is 10.8. The fraction of sp³-hybridized carbons (Fsp3) is 0.303. The number of aryl methyl sites for hydroxylation is 1. The van der Waals surface area contributed by atoms with Crippen molar-refractivity contribution in [2.75, 3.05) is 24.5 Å². The summed E-state index contributed by atoms with van der Waals surface area (Å²) in [6.07, 6.45) is 2.61. The van der Waals surface area contributed by atoms with Crippen LogP contribution in [0.2, 0.25) is 5.02 Å². The number of carbonyl (C=O) groups is 1. The van der Waals surface area contributed by atoms with Crippen LogP contribution in [0, 0.1) is 6.85 Å². The summed E-state index contributed by atoms with van der Waals surface area (Å²) in [4.78, 5) is 44.0. The number of allylic oxidation sites excluding steroid dienone is 1. The lowest BCUT2D eigenvalue weighted by molar-refractivity contribution is -0.126. The van der Waals surface area contributed by atoms with E-state index in [0.29, 0.717) is 25.3 Å². The fourth-order valence-electron chi connectivity index (χ4n) is 5.35. The number of rotatable bonds is 6. The molecule has 1 aromatic carbocycles. The maximum atomic E-state index is 14.3. The lowest BCUT2D eigenvalue weighted by Gasteiger charge is -2.40. The van der Waals surface area contributed by atoms with E-state index in [9.17, 15) is 9.59 Å². The average Bonchev–Trinajstić information content (AvgIpc) is 3.03. The first-order valence-corrected chi connectivity index (χ1v) is 13.8. The van der Waals surface area contributed by atoms with E-state index in [-0.39, 0.29) is 67.8 Å². The third-order valence-electron chi connectivity index (χ3n) is 7.36. The standard InChI is InChI=1S/C33H35ClN6O2/c1-8-27(41)38-15-16-39(22(7)18-38)31-25-17-26(34)29(24-12-10-9-11-23(24)19(2)3)36-32(25)40(33(42)37-31)30-21(6)13-14-35-28(30)20(4)5/h8-14,17,20,22H,1-2,15-16,18H2,3-7H3/t22-/m0/s1/i2D2,3D3,6D3. The zero-order chi connectivity index (χ0) is 36.9. The number of piperazine rings is 1. The third-order valence-corrected chi connectivity index (χ3v) is 7.65. The maximum Gasteiger partial charge on any atom is 0.355 e. The predicted molar refractivity (Wildman–Crippen MR) is 170 cm³/mol. The summed E-state index contributed by atoms with van der Waals surface area (Å²) in [7, 11) is 0. The third kappa shape index (κ3) is 5.11. The summed E-state index contributed by atoms with van der Waals surface area (Å²) in [6, 6.07) is 8.71. The quantitative estimate of drug-likeness (QED) is 0.249. The van der Waals surface area contributed by atoms with Gasteiger partial charge in [-0.15, -0.1) is 0 Å². The Balaban J connectivity index is 1.91. The largest absolute Gasteiger partial charge is 0.355 e. The van der Waals surface area contributed by atoms with Crippen LogP contribution in [0.5, 0.6) is 0 Å². The van der Waals surface area contributed by atoms with Gasteiger partial charge in [-0.3, -0.25) is 9.78 Å². The van der Waals surface area contributed by atoms with Crippen molar-refractivity contribution in [3.05, 3.63) is 94.1 Å². The first-order valence-electron chi connectivity index (χ1n) is 17.5. The number of amides is 1. The number of fused-ring (bicyclic) bond motifs is 1. The monoisotopic (exact) mass is 590 g/mol. The van der Waals surface area contributed by atoms with Gasteiger partial charge in [-0.05, 0) is 55.9 Å². The van der Waals surface area contributed by atoms with Crippen LogP contribution in [-0.2, 0) is 4.79 Å². The van der Waals surface area contributed by atoms with E-state index in [0.717, 1.165) is 4.57 Å². The molecule has 1 atom stereocenters. The van der Waals surface area contributed by atoms with Gasteiger partial charge < -0.3 is 9.80 Å². The van der Waals surface area contributed by atoms with E-state index in [2.05, 4.69) is 16.5 Å². The molecule has 5 rings (SSSR count). The molecule has 42 heavy (non-hydrogen) atoms. The van der Waals surface area contributed by atoms with Gasteiger partial charge in [0.05, 0.1) is 30.2 Å². The highest BCUT2D eigenvalue weighted by Crippen LogP contribution is 2.37. The lowest BCUT2D eigenvalue weighted by atomic mass is 9.99. The fourth-order valence-corrected chi connectivity index (χ4v) is 5.60. The number of pyridine rings is 2. The van der Waals surface area contributed by atoms with Crippen LogP contribution >= 0.6 is 11.6 Å². The number of nitrogens with zero attached hydrogens (tertiary/aromatic N) is 6. The van der Waals surface area contributed by atoms with Crippen LogP contribution in [0.1, 0.15) is 61.3 Å². The second kappa shape index (κ2) is 11.5. The number of hydrogen-bond donors (Lipinski definition) is 0. The smallest absolute Gasteiger partial charge is 0.350 e. The molecule has 1 amide bonds. The van der Waals surface area contributed by atoms with Crippen LogP contribution in [-0.4, -0.2) is 56.0 Å². The number of anilines is 1. The Hall–Kier alpha value is -4.30. The summed E-state index contributed by atoms with van der Waals surface area (Å²) in [6.45, 7) is 3.54. The molecule has 0 bridgehead atoms. The zero-order valence-electron chi connectivity index (χ0n) is 31.5. The first kappa shape index (κ1) is 20.6.